The number of hydrogen-bond donors (Lipinski definition) is 1. The van der Waals surface area contributed by atoms with E-state index >= 15 is 0 Å². The van der Waals surface area contributed by atoms with Crippen molar-refractivity contribution < 1.29 is 26.7 Å². The lowest BCUT2D eigenvalue weighted by molar-refractivity contribution is -0.286. The van der Waals surface area contributed by atoms with E-state index in [1.54, 1.807) is 0 Å². The van der Waals surface area contributed by atoms with Gasteiger partial charge in [0.2, 0.25) is 10.0 Å². The second kappa shape index (κ2) is 4.75. The molecule has 0 fully saturated rings. The molecule has 6 nitrogen and oxygen atoms in total. The largest absolute Gasteiger partial charge is 0.586 e. The molecule has 1 aliphatic rings. The van der Waals surface area contributed by atoms with Crippen LogP contribution in [0.4, 0.5) is 8.78 Å². The first-order valence-electron chi connectivity index (χ1n) is 5.28. The fourth-order valence-corrected chi connectivity index (χ4v) is 1.79. The van der Waals surface area contributed by atoms with Crippen LogP contribution in [-0.2, 0) is 10.0 Å². The van der Waals surface area contributed by atoms with Crippen molar-refractivity contribution in [2.45, 2.75) is 6.29 Å². The second-order valence-electron chi connectivity index (χ2n) is 3.91. The Labute approximate surface area is 113 Å². The quantitative estimate of drug-likeness (QED) is 0.851. The lowest BCUT2D eigenvalue weighted by Gasteiger charge is -2.06. The SMILES string of the molecule is CS(=O)(=O)N=CC=C(N)c1cccc2c1OC(F)(F)O2. The third kappa shape index (κ3) is 3.23. The third-order valence-electron chi connectivity index (χ3n) is 2.25. The number of rotatable bonds is 3. The molecule has 1 heterocycles. The van der Waals surface area contributed by atoms with Crippen LogP contribution < -0.4 is 15.2 Å². The average Bonchev–Trinajstić information content (AvgIpc) is 2.60. The van der Waals surface area contributed by atoms with Gasteiger partial charge in [-0.05, 0) is 18.2 Å². The first-order chi connectivity index (χ1) is 9.18. The molecule has 0 spiro atoms. The fraction of sp³-hybridized carbons (Fsp3) is 0.182. The van der Waals surface area contributed by atoms with Crippen LogP contribution in [0.3, 0.4) is 0 Å². The van der Waals surface area contributed by atoms with Crippen molar-refractivity contribution in [1.82, 2.24) is 0 Å². The summed E-state index contributed by atoms with van der Waals surface area (Å²) in [6.45, 7) is 0. The van der Waals surface area contributed by atoms with E-state index in [4.69, 9.17) is 5.73 Å². The normalized spacial score (nSPS) is 17.6. The highest BCUT2D eigenvalue weighted by molar-refractivity contribution is 7.89. The van der Waals surface area contributed by atoms with E-state index in [0.717, 1.165) is 18.5 Å². The number of nitrogens with zero attached hydrogens (tertiary/aromatic N) is 1. The van der Waals surface area contributed by atoms with Crippen LogP contribution >= 0.6 is 0 Å². The van der Waals surface area contributed by atoms with Gasteiger partial charge in [-0.1, -0.05) is 6.07 Å². The molecule has 1 aromatic carbocycles. The van der Waals surface area contributed by atoms with Crippen LogP contribution in [0, 0.1) is 0 Å². The summed E-state index contributed by atoms with van der Waals surface area (Å²) in [7, 11) is -3.54. The zero-order valence-electron chi connectivity index (χ0n) is 10.2. The standard InChI is InChI=1S/C11H10F2N2O4S/c1-20(16,17)15-6-5-8(14)7-3-2-4-9-10(7)19-11(12,13)18-9/h2-6H,14H2,1H3. The van der Waals surface area contributed by atoms with E-state index in [1.807, 2.05) is 0 Å². The minimum Gasteiger partial charge on any atom is -0.398 e. The number of ether oxygens (including phenoxy) is 2. The zero-order chi connectivity index (χ0) is 15.0. The highest BCUT2D eigenvalue weighted by Crippen LogP contribution is 2.44. The van der Waals surface area contributed by atoms with Crippen LogP contribution in [0.2, 0.25) is 0 Å². The van der Waals surface area contributed by atoms with E-state index in [9.17, 15) is 17.2 Å². The highest BCUT2D eigenvalue weighted by Gasteiger charge is 2.44. The number of para-hydroxylation sites is 1. The minimum atomic E-state index is -3.75. The molecule has 1 aliphatic heterocycles. The summed E-state index contributed by atoms with van der Waals surface area (Å²) in [6.07, 6.45) is -0.723. The number of allylic oxidation sites excluding steroid dienone is 1. The number of hydrogen-bond acceptors (Lipinski definition) is 5. The minimum absolute atomic E-state index is 0.00977. The summed E-state index contributed by atoms with van der Waals surface area (Å²) >= 11 is 0. The van der Waals surface area contributed by atoms with Gasteiger partial charge in [0, 0.05) is 17.5 Å². The summed E-state index contributed by atoms with van der Waals surface area (Å²) in [5.74, 6) is -0.358. The molecule has 0 aromatic heterocycles. The van der Waals surface area contributed by atoms with Gasteiger partial charge >= 0.3 is 6.29 Å². The summed E-state index contributed by atoms with van der Waals surface area (Å²) in [5, 5.41) is 0. The molecule has 1 aromatic rings. The van der Waals surface area contributed by atoms with Crippen LogP contribution in [0.25, 0.3) is 5.70 Å². The van der Waals surface area contributed by atoms with Crippen LogP contribution in [-0.4, -0.2) is 27.2 Å². The molecule has 108 valence electrons. The van der Waals surface area contributed by atoms with Crippen molar-refractivity contribution in [3.8, 4) is 11.5 Å². The molecule has 0 radical (unpaired) electrons. The summed E-state index contributed by atoms with van der Waals surface area (Å²) in [4.78, 5) is 0. The maximum Gasteiger partial charge on any atom is 0.586 e. The van der Waals surface area contributed by atoms with E-state index in [1.165, 1.54) is 18.2 Å². The topological polar surface area (TPSA) is 91.0 Å². The second-order valence-corrected chi connectivity index (χ2v) is 5.59. The van der Waals surface area contributed by atoms with Gasteiger partial charge in [-0.25, -0.2) is 8.42 Å². The van der Waals surface area contributed by atoms with Crippen molar-refractivity contribution in [2.75, 3.05) is 6.26 Å². The van der Waals surface area contributed by atoms with Crippen molar-refractivity contribution in [3.05, 3.63) is 29.8 Å². The van der Waals surface area contributed by atoms with Gasteiger partial charge in [0.25, 0.3) is 0 Å². The molecular weight excluding hydrogens is 294 g/mol. The predicted octanol–water partition coefficient (Wildman–Crippen LogP) is 1.34. The Hall–Kier alpha value is -2.16. The van der Waals surface area contributed by atoms with Gasteiger partial charge in [-0.15, -0.1) is 8.78 Å². The maximum absolute atomic E-state index is 13.0. The molecule has 0 atom stereocenters. The first-order valence-corrected chi connectivity index (χ1v) is 7.13. The number of halogens is 2. The molecule has 9 heteroatoms. The maximum atomic E-state index is 13.0. The lowest BCUT2D eigenvalue weighted by atomic mass is 10.1. The lowest BCUT2D eigenvalue weighted by Crippen LogP contribution is -2.26. The number of nitrogens with two attached hydrogens (primary N) is 1. The van der Waals surface area contributed by atoms with Gasteiger partial charge in [-0.3, -0.25) is 0 Å². The molecule has 0 amide bonds. The zero-order valence-corrected chi connectivity index (χ0v) is 11.0. The highest BCUT2D eigenvalue weighted by atomic mass is 32.2. The number of benzene rings is 1. The Kier molecular flexibility index (Phi) is 3.38. The summed E-state index contributed by atoms with van der Waals surface area (Å²) < 4.78 is 59.4. The summed E-state index contributed by atoms with van der Waals surface area (Å²) in [5.41, 5.74) is 5.84. The molecule has 0 saturated heterocycles. The molecule has 0 unspecified atom stereocenters. The Bertz CT molecular complexity index is 698. The Morgan fingerprint density at radius 1 is 1.40 bits per heavy atom. The molecule has 2 rings (SSSR count). The van der Waals surface area contributed by atoms with E-state index in [-0.39, 0.29) is 22.8 Å². The van der Waals surface area contributed by atoms with Crippen LogP contribution in [0.15, 0.2) is 28.7 Å². The monoisotopic (exact) mass is 304 g/mol. The predicted molar refractivity (Wildman–Crippen MR) is 68.1 cm³/mol. The number of fused-ring (bicyclic) bond motifs is 1. The van der Waals surface area contributed by atoms with Gasteiger partial charge in [0.1, 0.15) is 0 Å². The van der Waals surface area contributed by atoms with Gasteiger partial charge in [0.05, 0.1) is 6.26 Å². The van der Waals surface area contributed by atoms with Crippen molar-refractivity contribution in [1.29, 1.82) is 0 Å². The van der Waals surface area contributed by atoms with E-state index < -0.39 is 16.3 Å². The molecule has 2 N–H and O–H groups in total. The molecular formula is C11H10F2N2O4S. The molecule has 20 heavy (non-hydrogen) atoms. The van der Waals surface area contributed by atoms with Crippen LogP contribution in [0.1, 0.15) is 5.56 Å². The summed E-state index contributed by atoms with van der Waals surface area (Å²) in [6, 6.07) is 4.19. The van der Waals surface area contributed by atoms with Gasteiger partial charge in [-0.2, -0.15) is 4.40 Å². The Morgan fingerprint density at radius 3 is 2.75 bits per heavy atom. The third-order valence-corrected chi connectivity index (χ3v) is 2.75. The smallest absolute Gasteiger partial charge is 0.398 e. The Balaban J connectivity index is 2.34. The number of alkyl halides is 2. The van der Waals surface area contributed by atoms with Crippen molar-refractivity contribution in [3.63, 3.8) is 0 Å². The number of sulfonamides is 1. The Morgan fingerprint density at radius 2 is 2.10 bits per heavy atom. The molecule has 0 aliphatic carbocycles. The fourth-order valence-electron chi connectivity index (χ4n) is 1.51. The molecule has 0 saturated carbocycles. The van der Waals surface area contributed by atoms with Crippen molar-refractivity contribution in [2.24, 2.45) is 10.1 Å². The van der Waals surface area contributed by atoms with E-state index in [2.05, 4.69) is 13.9 Å². The van der Waals surface area contributed by atoms with Crippen LogP contribution in [0.5, 0.6) is 11.5 Å². The molecule has 0 bridgehead atoms. The van der Waals surface area contributed by atoms with Gasteiger partial charge in [0.15, 0.2) is 11.5 Å². The van der Waals surface area contributed by atoms with Crippen molar-refractivity contribution >= 4 is 21.9 Å². The van der Waals surface area contributed by atoms with E-state index in [0.29, 0.717) is 0 Å². The first kappa shape index (κ1) is 14.3. The average molecular weight is 304 g/mol. The van der Waals surface area contributed by atoms with Gasteiger partial charge < -0.3 is 15.2 Å².